The van der Waals surface area contributed by atoms with Crippen LogP contribution in [-0.4, -0.2) is 11.2 Å². The summed E-state index contributed by atoms with van der Waals surface area (Å²) in [6.45, 7) is 1.70. The lowest BCUT2D eigenvalue weighted by Gasteiger charge is -2.05. The van der Waals surface area contributed by atoms with Crippen LogP contribution in [0.2, 0.25) is 0 Å². The van der Waals surface area contributed by atoms with Crippen LogP contribution in [-0.2, 0) is 14.5 Å². The van der Waals surface area contributed by atoms with Gasteiger partial charge in [-0.2, -0.15) is 4.89 Å². The molecule has 1 aromatic rings. The number of hydrogen-bond donors (Lipinski definition) is 0. The number of benzene rings is 1. The minimum Gasteiger partial charge on any atom is -0.314 e. The quantitative estimate of drug-likeness (QED) is 0.424. The zero-order valence-corrected chi connectivity index (χ0v) is 7.95. The van der Waals surface area contributed by atoms with Crippen molar-refractivity contribution in [3.8, 4) is 0 Å². The molecule has 15 heavy (non-hydrogen) atoms. The zero-order chi connectivity index (χ0) is 10.8. The predicted molar refractivity (Wildman–Crippen MR) is 48.6 cm³/mol. The average Bonchev–Trinajstić information content (AvgIpc) is 2.65. The van der Waals surface area contributed by atoms with Crippen molar-refractivity contribution < 1.29 is 19.4 Å². The maximum Gasteiger partial charge on any atom is 0.269 e. The molecule has 0 bridgehead atoms. The number of nitro benzene ring substituents is 1. The van der Waals surface area contributed by atoms with Crippen LogP contribution in [0.5, 0.6) is 0 Å². The fourth-order valence-electron chi connectivity index (χ4n) is 1.24. The molecule has 6 heteroatoms. The van der Waals surface area contributed by atoms with Crippen LogP contribution < -0.4 is 0 Å². The summed E-state index contributed by atoms with van der Waals surface area (Å²) in [5.74, 6) is 0. The van der Waals surface area contributed by atoms with Crippen LogP contribution in [0.4, 0.5) is 5.69 Å². The molecule has 0 aromatic heterocycles. The molecule has 0 aliphatic carbocycles. The van der Waals surface area contributed by atoms with E-state index in [9.17, 15) is 10.1 Å². The van der Waals surface area contributed by atoms with Crippen molar-refractivity contribution >= 4 is 5.69 Å². The van der Waals surface area contributed by atoms with Gasteiger partial charge >= 0.3 is 0 Å². The summed E-state index contributed by atoms with van der Waals surface area (Å²) >= 11 is 0. The summed E-state index contributed by atoms with van der Waals surface area (Å²) in [6, 6.07) is 5.94. The summed E-state index contributed by atoms with van der Waals surface area (Å²) < 4.78 is 5.23. The average molecular weight is 211 g/mol. The van der Waals surface area contributed by atoms with Gasteiger partial charge in [-0.05, 0) is 19.1 Å². The van der Waals surface area contributed by atoms with Crippen molar-refractivity contribution in [3.63, 3.8) is 0 Å². The van der Waals surface area contributed by atoms with E-state index in [4.69, 9.17) is 14.5 Å². The summed E-state index contributed by atoms with van der Waals surface area (Å²) in [7, 11) is 0. The molecule has 0 saturated carbocycles. The third-order valence-electron chi connectivity index (χ3n) is 1.97. The maximum atomic E-state index is 10.4. The van der Waals surface area contributed by atoms with Crippen molar-refractivity contribution in [1.82, 2.24) is 0 Å². The van der Waals surface area contributed by atoms with E-state index in [1.54, 1.807) is 19.1 Å². The Morgan fingerprint density at radius 3 is 2.40 bits per heavy atom. The fourth-order valence-corrected chi connectivity index (χ4v) is 1.24. The van der Waals surface area contributed by atoms with E-state index in [1.807, 2.05) is 0 Å². The van der Waals surface area contributed by atoms with Gasteiger partial charge < -0.3 is 4.74 Å². The van der Waals surface area contributed by atoms with Gasteiger partial charge in [0.2, 0.25) is 6.29 Å². The number of rotatable bonds is 2. The van der Waals surface area contributed by atoms with Crippen LogP contribution in [0.3, 0.4) is 0 Å². The topological polar surface area (TPSA) is 70.8 Å². The molecule has 1 heterocycles. The number of hydrogen-bond acceptors (Lipinski definition) is 5. The standard InChI is InChI=1S/C9H9NO5/c1-6-13-9(15-14-6)7-2-4-8(5-3-7)10(11)12/h2-6,9H,1H3. The molecule has 2 unspecified atom stereocenters. The Balaban J connectivity index is 2.13. The van der Waals surface area contributed by atoms with Gasteiger partial charge in [-0.3, -0.25) is 10.1 Å². The Kier molecular flexibility index (Phi) is 2.63. The number of non-ortho nitro benzene ring substituents is 1. The van der Waals surface area contributed by atoms with Crippen LogP contribution in [0.1, 0.15) is 18.8 Å². The van der Waals surface area contributed by atoms with Crippen molar-refractivity contribution in [2.24, 2.45) is 0 Å². The van der Waals surface area contributed by atoms with E-state index < -0.39 is 17.5 Å². The smallest absolute Gasteiger partial charge is 0.269 e. The molecule has 0 N–H and O–H groups in total. The van der Waals surface area contributed by atoms with Gasteiger partial charge in [0.25, 0.3) is 5.69 Å². The van der Waals surface area contributed by atoms with Gasteiger partial charge in [-0.15, -0.1) is 0 Å². The summed E-state index contributed by atoms with van der Waals surface area (Å²) in [5, 5.41) is 10.4. The third-order valence-corrected chi connectivity index (χ3v) is 1.97. The van der Waals surface area contributed by atoms with Crippen LogP contribution in [0.15, 0.2) is 24.3 Å². The van der Waals surface area contributed by atoms with Gasteiger partial charge in [0.05, 0.1) is 4.92 Å². The molecule has 0 amide bonds. The van der Waals surface area contributed by atoms with E-state index in [-0.39, 0.29) is 5.69 Å². The van der Waals surface area contributed by atoms with Crippen molar-refractivity contribution in [1.29, 1.82) is 0 Å². The van der Waals surface area contributed by atoms with E-state index in [0.717, 1.165) is 0 Å². The lowest BCUT2D eigenvalue weighted by molar-refractivity contribution is -0.384. The second kappa shape index (κ2) is 3.93. The molecule has 2 atom stereocenters. The van der Waals surface area contributed by atoms with Gasteiger partial charge in [-0.25, -0.2) is 4.89 Å². The number of nitrogens with zero attached hydrogens (tertiary/aromatic N) is 1. The first-order valence-corrected chi connectivity index (χ1v) is 4.39. The van der Waals surface area contributed by atoms with Gasteiger partial charge in [0, 0.05) is 17.7 Å². The summed E-state index contributed by atoms with van der Waals surface area (Å²) in [4.78, 5) is 19.5. The molecule has 1 aromatic carbocycles. The van der Waals surface area contributed by atoms with E-state index in [0.29, 0.717) is 5.56 Å². The first kappa shape index (κ1) is 10.0. The largest absolute Gasteiger partial charge is 0.314 e. The molecule has 1 aliphatic heterocycles. The van der Waals surface area contributed by atoms with Gasteiger partial charge in [0.15, 0.2) is 6.29 Å². The lowest BCUT2D eigenvalue weighted by atomic mass is 10.2. The van der Waals surface area contributed by atoms with Crippen molar-refractivity contribution in [2.75, 3.05) is 0 Å². The molecule has 1 fully saturated rings. The number of ether oxygens (including phenoxy) is 1. The molecule has 80 valence electrons. The summed E-state index contributed by atoms with van der Waals surface area (Å²) in [5.41, 5.74) is 0.718. The van der Waals surface area contributed by atoms with Crippen LogP contribution in [0, 0.1) is 10.1 Å². The first-order chi connectivity index (χ1) is 7.16. The Labute approximate surface area is 85.4 Å². The Morgan fingerprint density at radius 2 is 1.93 bits per heavy atom. The Morgan fingerprint density at radius 1 is 1.27 bits per heavy atom. The maximum absolute atomic E-state index is 10.4. The minimum absolute atomic E-state index is 0.0331. The van der Waals surface area contributed by atoms with Crippen LogP contribution >= 0.6 is 0 Å². The molecule has 1 aliphatic rings. The minimum atomic E-state index is -0.610. The van der Waals surface area contributed by atoms with Gasteiger partial charge in [-0.1, -0.05) is 0 Å². The molecule has 2 rings (SSSR count). The number of nitro groups is 1. The van der Waals surface area contributed by atoms with E-state index in [2.05, 4.69) is 0 Å². The molecule has 6 nitrogen and oxygen atoms in total. The first-order valence-electron chi connectivity index (χ1n) is 4.39. The Bertz CT molecular complexity index is 363. The SMILES string of the molecule is CC1OOC(c2ccc([N+](=O)[O-])cc2)O1. The normalized spacial score (nSPS) is 25.4. The molecule has 0 radical (unpaired) electrons. The highest BCUT2D eigenvalue weighted by Crippen LogP contribution is 2.28. The predicted octanol–water partition coefficient (Wildman–Crippen LogP) is 1.92. The Hall–Kier alpha value is -1.50. The lowest BCUT2D eigenvalue weighted by Crippen LogP contribution is -2.01. The van der Waals surface area contributed by atoms with Crippen molar-refractivity contribution in [2.45, 2.75) is 19.5 Å². The molecular formula is C9H9NO5. The van der Waals surface area contributed by atoms with Crippen LogP contribution in [0.25, 0.3) is 0 Å². The zero-order valence-electron chi connectivity index (χ0n) is 7.95. The highest BCUT2D eigenvalue weighted by atomic mass is 17.3. The molecular weight excluding hydrogens is 202 g/mol. The second-order valence-corrected chi connectivity index (χ2v) is 3.08. The molecule has 0 spiro atoms. The highest BCUT2D eigenvalue weighted by Gasteiger charge is 2.26. The fraction of sp³-hybridized carbons (Fsp3) is 0.333. The highest BCUT2D eigenvalue weighted by molar-refractivity contribution is 5.33. The molecule has 1 saturated heterocycles. The second-order valence-electron chi connectivity index (χ2n) is 3.08. The van der Waals surface area contributed by atoms with E-state index >= 15 is 0 Å². The van der Waals surface area contributed by atoms with E-state index in [1.165, 1.54) is 12.1 Å². The van der Waals surface area contributed by atoms with Gasteiger partial charge in [0.1, 0.15) is 0 Å². The third kappa shape index (κ3) is 2.12. The monoisotopic (exact) mass is 211 g/mol. The van der Waals surface area contributed by atoms with Crippen molar-refractivity contribution in [3.05, 3.63) is 39.9 Å². The summed E-state index contributed by atoms with van der Waals surface area (Å²) in [6.07, 6.45) is -1.04.